The fourth-order valence-corrected chi connectivity index (χ4v) is 19.0. The van der Waals surface area contributed by atoms with E-state index < -0.39 is 5.31 Å². The summed E-state index contributed by atoms with van der Waals surface area (Å²) in [6.07, 6.45) is 1.09. The van der Waals surface area contributed by atoms with E-state index in [-0.39, 0.29) is 10.6 Å². The monoisotopic (exact) mass is 454 g/mol. The molecule has 0 N–H and O–H groups in total. The van der Waals surface area contributed by atoms with E-state index in [1.54, 1.807) is 0 Å². The van der Waals surface area contributed by atoms with Gasteiger partial charge < -0.3 is 0 Å². The van der Waals surface area contributed by atoms with Crippen molar-refractivity contribution in [2.75, 3.05) is 0 Å². The maximum atomic E-state index is 4.47. The summed E-state index contributed by atoms with van der Waals surface area (Å²) in [5.41, 5.74) is 1.65. The zero-order valence-electron chi connectivity index (χ0n) is 14.3. The van der Waals surface area contributed by atoms with E-state index in [1.807, 2.05) is 0 Å². The fraction of sp³-hybridized carbons (Fsp3) is 0.400. The van der Waals surface area contributed by atoms with Crippen molar-refractivity contribution >= 4 is 42.0 Å². The zero-order valence-corrected chi connectivity index (χ0v) is 18.3. The second-order valence-corrected chi connectivity index (χ2v) is 19.3. The van der Waals surface area contributed by atoms with E-state index in [4.69, 9.17) is 0 Å². The summed E-state index contributed by atoms with van der Waals surface area (Å²) < 4.78 is 0.457. The van der Waals surface area contributed by atoms with Crippen molar-refractivity contribution in [2.24, 2.45) is 5.41 Å². The van der Waals surface area contributed by atoms with Gasteiger partial charge in [0.25, 0.3) is 0 Å². The van der Waals surface area contributed by atoms with E-state index in [0.29, 0.717) is 4.57 Å². The molecule has 0 aliphatic carbocycles. The third-order valence-electron chi connectivity index (χ3n) is 6.50. The number of hydrogen-bond donors (Lipinski definition) is 0. The first-order valence-electron chi connectivity index (χ1n) is 8.12. The van der Waals surface area contributed by atoms with Crippen molar-refractivity contribution in [1.82, 2.24) is 0 Å². The van der Waals surface area contributed by atoms with Crippen LogP contribution in [0.1, 0.15) is 33.3 Å². The summed E-state index contributed by atoms with van der Waals surface area (Å²) >= 11 is 8.61. The molecule has 0 nitrogen and oxygen atoms in total. The normalized spacial score (nSPS) is 28.1. The van der Waals surface area contributed by atoms with Gasteiger partial charge in [-0.1, -0.05) is 0 Å². The summed E-state index contributed by atoms with van der Waals surface area (Å²) in [6.45, 7) is 9.69. The van der Waals surface area contributed by atoms with Gasteiger partial charge in [0, 0.05) is 0 Å². The Balaban J connectivity index is 2.24. The average molecular weight is 456 g/mol. The molecule has 0 radical (unpaired) electrons. The van der Waals surface area contributed by atoms with Crippen LogP contribution < -0.4 is 5.30 Å². The van der Waals surface area contributed by atoms with Crippen LogP contribution in [0.4, 0.5) is 0 Å². The number of benzene rings is 2. The van der Waals surface area contributed by atoms with Gasteiger partial charge in [-0.25, -0.2) is 0 Å². The second kappa shape index (κ2) is 5.41. The quantitative estimate of drug-likeness (QED) is 0.348. The molecule has 1 unspecified atom stereocenters. The molecule has 1 fully saturated rings. The van der Waals surface area contributed by atoms with E-state index in [9.17, 15) is 0 Å². The first-order valence-corrected chi connectivity index (χ1v) is 13.5. The number of alkyl halides is 1. The van der Waals surface area contributed by atoms with Gasteiger partial charge in [-0.05, 0) is 0 Å². The molecule has 23 heavy (non-hydrogen) atoms. The maximum absolute atomic E-state index is 4.47. The fourth-order valence-electron chi connectivity index (χ4n) is 4.32. The number of halogens is 2. The van der Waals surface area contributed by atoms with Crippen LogP contribution in [-0.4, -0.2) is 9.72 Å². The molecule has 2 aromatic carbocycles. The molecule has 1 aliphatic heterocycles. The molecule has 1 aliphatic rings. The summed E-state index contributed by atoms with van der Waals surface area (Å²) in [7, 11) is 0. The number of rotatable bonds is 3. The first-order chi connectivity index (χ1) is 10.7. The molecule has 0 aromatic heterocycles. The van der Waals surface area contributed by atoms with Crippen LogP contribution in [-0.2, 0) is 6.16 Å². The molecular formula is C20H25Br2P. The van der Waals surface area contributed by atoms with Crippen molar-refractivity contribution in [2.45, 2.75) is 43.6 Å². The Bertz CT molecular complexity index is 711. The predicted octanol–water partition coefficient (Wildman–Crippen LogP) is 6.91. The van der Waals surface area contributed by atoms with Gasteiger partial charge in [0.1, 0.15) is 0 Å². The molecule has 0 saturated carbocycles. The van der Waals surface area contributed by atoms with E-state index in [1.165, 1.54) is 10.9 Å². The summed E-state index contributed by atoms with van der Waals surface area (Å²) in [5, 5.41) is -0.722. The SMILES string of the molecule is CC1(C)C(Br)P(Br)(Cc2ccccc2)(c2ccccc2)C1(C)C. The Morgan fingerprint density at radius 2 is 1.35 bits per heavy atom. The molecule has 0 amide bonds. The minimum atomic E-state index is -2.40. The van der Waals surface area contributed by atoms with Gasteiger partial charge in [-0.2, -0.15) is 0 Å². The van der Waals surface area contributed by atoms with Crippen LogP contribution in [0.25, 0.3) is 0 Å². The standard InChI is InChI=1S/C20H25Br2P/c1-19(2)18(21)23(22,20(19,3)4,17-13-9-6-10-14-17)15-16-11-7-5-8-12-16/h5-14,18H,15H2,1-4H3. The molecule has 124 valence electrons. The number of hydrogen-bond acceptors (Lipinski definition) is 0. The molecule has 2 aromatic rings. The van der Waals surface area contributed by atoms with Crippen LogP contribution >= 0.6 is 36.7 Å². The molecule has 0 spiro atoms. The van der Waals surface area contributed by atoms with Crippen LogP contribution in [0.2, 0.25) is 0 Å². The Hall–Kier alpha value is -0.170. The second-order valence-electron chi connectivity index (χ2n) is 7.85. The van der Waals surface area contributed by atoms with Crippen LogP contribution in [0.3, 0.4) is 0 Å². The van der Waals surface area contributed by atoms with Crippen LogP contribution in [0.15, 0.2) is 60.7 Å². The third kappa shape index (κ3) is 2.04. The average Bonchev–Trinajstić information content (AvgIpc) is 2.55. The Kier molecular flexibility index (Phi) is 4.15. The zero-order chi connectivity index (χ0) is 17.0. The third-order valence-corrected chi connectivity index (χ3v) is 24.9. The minimum absolute atomic E-state index is 0.198. The van der Waals surface area contributed by atoms with Crippen molar-refractivity contribution in [3.05, 3.63) is 66.2 Å². The van der Waals surface area contributed by atoms with Gasteiger partial charge in [0.2, 0.25) is 0 Å². The van der Waals surface area contributed by atoms with E-state index >= 15 is 0 Å². The van der Waals surface area contributed by atoms with Crippen molar-refractivity contribution < 1.29 is 0 Å². The van der Waals surface area contributed by atoms with Crippen molar-refractivity contribution in [3.8, 4) is 0 Å². The van der Waals surface area contributed by atoms with Crippen LogP contribution in [0, 0.1) is 5.41 Å². The summed E-state index contributed by atoms with van der Waals surface area (Å²) in [6, 6.07) is 22.0. The molecule has 3 rings (SSSR count). The topological polar surface area (TPSA) is 0 Å². The molecular weight excluding hydrogens is 431 g/mol. The molecule has 1 heterocycles. The molecule has 1 saturated heterocycles. The summed E-state index contributed by atoms with van der Waals surface area (Å²) in [5.74, 6) is 0. The van der Waals surface area contributed by atoms with Gasteiger partial charge in [0.15, 0.2) is 0 Å². The van der Waals surface area contributed by atoms with E-state index in [2.05, 4.69) is 120 Å². The van der Waals surface area contributed by atoms with Gasteiger partial charge in [0.05, 0.1) is 0 Å². The van der Waals surface area contributed by atoms with Crippen molar-refractivity contribution in [3.63, 3.8) is 0 Å². The van der Waals surface area contributed by atoms with Gasteiger partial charge in [-0.3, -0.25) is 0 Å². The molecule has 0 bridgehead atoms. The van der Waals surface area contributed by atoms with Gasteiger partial charge in [-0.15, -0.1) is 0 Å². The Morgan fingerprint density at radius 3 is 1.83 bits per heavy atom. The first kappa shape index (κ1) is 17.6. The van der Waals surface area contributed by atoms with Crippen LogP contribution in [0.5, 0.6) is 0 Å². The Labute approximate surface area is 156 Å². The summed E-state index contributed by atoms with van der Waals surface area (Å²) in [4.78, 5) is 0. The van der Waals surface area contributed by atoms with Gasteiger partial charge >= 0.3 is 157 Å². The predicted molar refractivity (Wildman–Crippen MR) is 113 cm³/mol. The molecule has 1 atom stereocenters. The Morgan fingerprint density at radius 1 is 0.870 bits per heavy atom. The van der Waals surface area contributed by atoms with Crippen molar-refractivity contribution in [1.29, 1.82) is 0 Å². The van der Waals surface area contributed by atoms with E-state index in [0.717, 1.165) is 6.16 Å². The molecule has 3 heteroatoms.